The van der Waals surface area contributed by atoms with E-state index < -0.39 is 5.60 Å². The van der Waals surface area contributed by atoms with Crippen LogP contribution in [0.3, 0.4) is 0 Å². The summed E-state index contributed by atoms with van der Waals surface area (Å²) >= 11 is 6.95. The second-order valence-corrected chi connectivity index (χ2v) is 7.04. The zero-order valence-electron chi connectivity index (χ0n) is 13.2. The Hall–Kier alpha value is -0.720. The van der Waals surface area contributed by atoms with Crippen LogP contribution in [0.1, 0.15) is 18.1 Å². The largest absolute Gasteiger partial charge is 0.382 e. The molecular weight excluding hydrogens is 424 g/mol. The van der Waals surface area contributed by atoms with E-state index in [4.69, 9.17) is 14.2 Å². The summed E-state index contributed by atoms with van der Waals surface area (Å²) in [6.45, 7) is 3.31. The Kier molecular flexibility index (Phi) is 7.24. The van der Waals surface area contributed by atoms with Crippen molar-refractivity contribution in [2.24, 2.45) is 0 Å². The van der Waals surface area contributed by atoms with Crippen LogP contribution < -0.4 is 0 Å². The minimum absolute atomic E-state index is 0.200. The third-order valence-corrected chi connectivity index (χ3v) is 4.71. The van der Waals surface area contributed by atoms with Gasteiger partial charge in [-0.1, -0.05) is 56.1 Å². The van der Waals surface area contributed by atoms with Gasteiger partial charge in [-0.3, -0.25) is 0 Å². The molecule has 3 nitrogen and oxygen atoms in total. The van der Waals surface area contributed by atoms with E-state index in [1.165, 1.54) is 0 Å². The highest BCUT2D eigenvalue weighted by atomic mass is 79.9. The zero-order valence-corrected chi connectivity index (χ0v) is 16.4. The fraction of sp³-hybridized carbons (Fsp3) is 0.333. The molecule has 124 valence electrons. The summed E-state index contributed by atoms with van der Waals surface area (Å²) in [6, 6.07) is 16.3. The van der Waals surface area contributed by atoms with Crippen molar-refractivity contribution in [1.82, 2.24) is 0 Å². The second kappa shape index (κ2) is 8.94. The van der Waals surface area contributed by atoms with E-state index in [-0.39, 0.29) is 6.79 Å². The van der Waals surface area contributed by atoms with Crippen LogP contribution in [0.25, 0.3) is 0 Å². The van der Waals surface area contributed by atoms with Crippen molar-refractivity contribution in [3.8, 4) is 0 Å². The Morgan fingerprint density at radius 2 is 1.30 bits per heavy atom. The van der Waals surface area contributed by atoms with Gasteiger partial charge in [0.15, 0.2) is 0 Å². The van der Waals surface area contributed by atoms with Gasteiger partial charge in [0.2, 0.25) is 0 Å². The molecule has 0 fully saturated rings. The van der Waals surface area contributed by atoms with Gasteiger partial charge in [-0.25, -0.2) is 0 Å². The first-order chi connectivity index (χ1) is 11.1. The number of ether oxygens (including phenoxy) is 3. The maximum atomic E-state index is 6.12. The molecule has 0 radical (unpaired) electrons. The van der Waals surface area contributed by atoms with E-state index in [1.807, 2.05) is 24.3 Å². The molecule has 0 aliphatic carbocycles. The van der Waals surface area contributed by atoms with E-state index in [9.17, 15) is 0 Å². The lowest BCUT2D eigenvalue weighted by Gasteiger charge is -2.31. The summed E-state index contributed by atoms with van der Waals surface area (Å²) in [5, 5.41) is 0. The van der Waals surface area contributed by atoms with Gasteiger partial charge in [-0.2, -0.15) is 0 Å². The molecule has 0 amide bonds. The quantitative estimate of drug-likeness (QED) is 0.419. The molecule has 0 aromatic heterocycles. The summed E-state index contributed by atoms with van der Waals surface area (Å²) in [5.41, 5.74) is 1.55. The van der Waals surface area contributed by atoms with Crippen molar-refractivity contribution in [2.75, 3.05) is 27.1 Å². The molecule has 0 aliphatic rings. The van der Waals surface area contributed by atoms with Crippen molar-refractivity contribution in [3.63, 3.8) is 0 Å². The van der Waals surface area contributed by atoms with Crippen LogP contribution in [-0.2, 0) is 19.8 Å². The predicted molar refractivity (Wildman–Crippen MR) is 98.5 cm³/mol. The Bertz CT molecular complexity index is 551. The highest BCUT2D eigenvalue weighted by Crippen LogP contribution is 2.34. The fourth-order valence-electron chi connectivity index (χ4n) is 2.23. The summed E-state index contributed by atoms with van der Waals surface area (Å²) in [5.74, 6) is 0. The molecule has 0 atom stereocenters. The highest BCUT2D eigenvalue weighted by Gasteiger charge is 2.30. The Morgan fingerprint density at radius 1 is 0.826 bits per heavy atom. The van der Waals surface area contributed by atoms with Crippen LogP contribution in [0.5, 0.6) is 0 Å². The molecule has 23 heavy (non-hydrogen) atoms. The van der Waals surface area contributed by atoms with E-state index in [1.54, 1.807) is 7.11 Å². The number of hydrogen-bond acceptors (Lipinski definition) is 3. The van der Waals surface area contributed by atoms with E-state index in [0.717, 1.165) is 20.1 Å². The van der Waals surface area contributed by atoms with Crippen molar-refractivity contribution in [2.45, 2.75) is 12.5 Å². The first-order valence-electron chi connectivity index (χ1n) is 7.29. The Labute approximate surface area is 154 Å². The molecule has 2 aromatic rings. The topological polar surface area (TPSA) is 27.7 Å². The van der Waals surface area contributed by atoms with Crippen molar-refractivity contribution >= 4 is 31.9 Å². The summed E-state index contributed by atoms with van der Waals surface area (Å²) in [4.78, 5) is 0. The van der Waals surface area contributed by atoms with E-state index in [2.05, 4.69) is 63.0 Å². The zero-order chi connectivity index (χ0) is 16.7. The van der Waals surface area contributed by atoms with Crippen molar-refractivity contribution in [3.05, 3.63) is 68.6 Å². The van der Waals surface area contributed by atoms with Gasteiger partial charge in [0.25, 0.3) is 0 Å². The molecule has 0 unspecified atom stereocenters. The molecule has 0 saturated heterocycles. The molecule has 0 heterocycles. The third kappa shape index (κ3) is 5.13. The van der Waals surface area contributed by atoms with Crippen LogP contribution in [0.15, 0.2) is 57.5 Å². The van der Waals surface area contributed by atoms with Gasteiger partial charge in [0, 0.05) is 16.1 Å². The molecule has 0 bridgehead atoms. The second-order valence-electron chi connectivity index (χ2n) is 5.21. The maximum absolute atomic E-state index is 6.12. The van der Waals surface area contributed by atoms with Crippen molar-refractivity contribution in [1.29, 1.82) is 0 Å². The highest BCUT2D eigenvalue weighted by molar-refractivity contribution is 9.10. The van der Waals surface area contributed by atoms with Crippen molar-refractivity contribution < 1.29 is 14.2 Å². The molecule has 2 rings (SSSR count). The lowest BCUT2D eigenvalue weighted by Crippen LogP contribution is -2.29. The first kappa shape index (κ1) is 18.6. The molecule has 2 aromatic carbocycles. The lowest BCUT2D eigenvalue weighted by atomic mass is 9.88. The summed E-state index contributed by atoms with van der Waals surface area (Å²) < 4.78 is 18.7. The van der Waals surface area contributed by atoms with E-state index in [0.29, 0.717) is 13.2 Å². The molecule has 0 spiro atoms. The minimum atomic E-state index is -0.589. The fourth-order valence-corrected chi connectivity index (χ4v) is 2.76. The maximum Gasteiger partial charge on any atom is 0.148 e. The Balaban J connectivity index is 2.22. The predicted octanol–water partition coefficient (Wildman–Crippen LogP) is 5.11. The summed E-state index contributed by atoms with van der Waals surface area (Å²) in [6.07, 6.45) is 0. The molecule has 0 aliphatic heterocycles. The van der Waals surface area contributed by atoms with Crippen LogP contribution >= 0.6 is 31.9 Å². The van der Waals surface area contributed by atoms with Gasteiger partial charge >= 0.3 is 0 Å². The average Bonchev–Trinajstić information content (AvgIpc) is 2.55. The SMILES string of the molecule is COCCOCOC(C)(c1ccc(Br)cc1)c1ccc(Br)cc1. The van der Waals surface area contributed by atoms with Gasteiger partial charge in [0.05, 0.1) is 13.2 Å². The number of methoxy groups -OCH3 is 1. The number of benzene rings is 2. The molecular formula is C18H20Br2O3. The summed E-state index contributed by atoms with van der Waals surface area (Å²) in [7, 11) is 1.65. The monoisotopic (exact) mass is 442 g/mol. The van der Waals surface area contributed by atoms with Crippen LogP contribution in [0.4, 0.5) is 0 Å². The Morgan fingerprint density at radius 3 is 1.74 bits per heavy atom. The third-order valence-electron chi connectivity index (χ3n) is 3.65. The number of rotatable bonds is 8. The molecule has 5 heteroatoms. The molecule has 0 saturated carbocycles. The standard InChI is InChI=1S/C18H20Br2O3/c1-18(23-13-22-12-11-21-2,14-3-7-16(19)8-4-14)15-5-9-17(20)10-6-15/h3-10H,11-13H2,1-2H3. The van der Waals surface area contributed by atoms with Crippen LogP contribution in [-0.4, -0.2) is 27.1 Å². The number of hydrogen-bond donors (Lipinski definition) is 0. The molecule has 0 N–H and O–H groups in total. The van der Waals surface area contributed by atoms with Crippen LogP contribution in [0.2, 0.25) is 0 Å². The van der Waals surface area contributed by atoms with Crippen LogP contribution in [0, 0.1) is 0 Å². The van der Waals surface area contributed by atoms with E-state index >= 15 is 0 Å². The minimum Gasteiger partial charge on any atom is -0.382 e. The van der Waals surface area contributed by atoms with Gasteiger partial charge in [-0.05, 0) is 42.3 Å². The smallest absolute Gasteiger partial charge is 0.148 e. The van der Waals surface area contributed by atoms with Gasteiger partial charge in [-0.15, -0.1) is 0 Å². The first-order valence-corrected chi connectivity index (χ1v) is 8.87. The average molecular weight is 444 g/mol. The normalized spacial score (nSPS) is 11.7. The van der Waals surface area contributed by atoms with Gasteiger partial charge in [0.1, 0.15) is 12.4 Å². The number of halogens is 2. The van der Waals surface area contributed by atoms with Gasteiger partial charge < -0.3 is 14.2 Å². The lowest BCUT2D eigenvalue weighted by molar-refractivity contribution is -0.127.